The van der Waals surface area contributed by atoms with E-state index in [9.17, 15) is 13.2 Å². The Kier molecular flexibility index (Phi) is 8.48. The van der Waals surface area contributed by atoms with Crippen LogP contribution in [0.1, 0.15) is 44.6 Å². The number of nitrogens with zero attached hydrogens (tertiary/aromatic N) is 2. The number of amides is 1. The molecule has 3 rings (SSSR count). The molecule has 30 heavy (non-hydrogen) atoms. The molecule has 0 saturated carbocycles. The molecule has 0 aromatic heterocycles. The summed E-state index contributed by atoms with van der Waals surface area (Å²) in [7, 11) is -3.55. The van der Waals surface area contributed by atoms with E-state index in [1.807, 2.05) is 35.2 Å². The molecule has 0 spiro atoms. The van der Waals surface area contributed by atoms with Gasteiger partial charge in [0.25, 0.3) is 0 Å². The first-order valence-electron chi connectivity index (χ1n) is 11.1. The largest absolute Gasteiger partial charge is 0.342 e. The van der Waals surface area contributed by atoms with E-state index < -0.39 is 10.0 Å². The number of hydrogen-bond acceptors (Lipinski definition) is 4. The SMILES string of the molecule is CC1CCN(CC2CCCN(C(=O)CCNS(=O)(=O)/C=C/c3ccccc3)C2)CC1. The summed E-state index contributed by atoms with van der Waals surface area (Å²) in [6.45, 7) is 7.45. The Morgan fingerprint density at radius 3 is 2.60 bits per heavy atom. The maximum atomic E-state index is 12.6. The predicted octanol–water partition coefficient (Wildman–Crippen LogP) is 2.94. The summed E-state index contributed by atoms with van der Waals surface area (Å²) in [6.07, 6.45) is 6.51. The van der Waals surface area contributed by atoms with Crippen LogP contribution in [-0.4, -0.2) is 63.4 Å². The molecule has 0 radical (unpaired) electrons. The molecule has 0 bridgehead atoms. The minimum Gasteiger partial charge on any atom is -0.342 e. The van der Waals surface area contributed by atoms with Crippen molar-refractivity contribution in [2.45, 2.75) is 39.0 Å². The average molecular weight is 434 g/mol. The Balaban J connectivity index is 1.40. The summed E-state index contributed by atoms with van der Waals surface area (Å²) in [5.74, 6) is 1.40. The van der Waals surface area contributed by atoms with Gasteiger partial charge in [0.1, 0.15) is 0 Å². The Hall–Kier alpha value is -1.70. The Labute approximate surface area is 181 Å². The fourth-order valence-electron chi connectivity index (χ4n) is 4.29. The van der Waals surface area contributed by atoms with Crippen LogP contribution in [0.15, 0.2) is 35.7 Å². The Bertz CT molecular complexity index is 802. The number of likely N-dealkylation sites (tertiary alicyclic amines) is 2. The van der Waals surface area contributed by atoms with Crippen molar-refractivity contribution in [3.63, 3.8) is 0 Å². The smallest absolute Gasteiger partial charge is 0.233 e. The highest BCUT2D eigenvalue weighted by atomic mass is 32.2. The number of sulfonamides is 1. The van der Waals surface area contributed by atoms with Gasteiger partial charge in [-0.25, -0.2) is 13.1 Å². The molecule has 2 aliphatic rings. The number of benzene rings is 1. The van der Waals surface area contributed by atoms with E-state index in [2.05, 4.69) is 16.5 Å². The first kappa shape index (κ1) is 23.0. The van der Waals surface area contributed by atoms with Crippen LogP contribution in [0.5, 0.6) is 0 Å². The molecule has 2 fully saturated rings. The summed E-state index contributed by atoms with van der Waals surface area (Å²) in [4.78, 5) is 17.1. The summed E-state index contributed by atoms with van der Waals surface area (Å²) < 4.78 is 26.8. The van der Waals surface area contributed by atoms with Crippen molar-refractivity contribution in [2.24, 2.45) is 11.8 Å². The lowest BCUT2D eigenvalue weighted by atomic mass is 9.94. The van der Waals surface area contributed by atoms with Crippen molar-refractivity contribution < 1.29 is 13.2 Å². The zero-order valence-electron chi connectivity index (χ0n) is 18.0. The molecule has 1 aromatic rings. The maximum Gasteiger partial charge on any atom is 0.233 e. The van der Waals surface area contributed by atoms with Gasteiger partial charge < -0.3 is 9.80 Å². The van der Waals surface area contributed by atoms with Crippen molar-refractivity contribution in [3.05, 3.63) is 41.3 Å². The second kappa shape index (κ2) is 11.1. The van der Waals surface area contributed by atoms with Crippen LogP contribution in [-0.2, 0) is 14.8 Å². The molecule has 2 heterocycles. The number of hydrogen-bond donors (Lipinski definition) is 1. The van der Waals surface area contributed by atoms with Crippen molar-refractivity contribution in [3.8, 4) is 0 Å². The van der Waals surface area contributed by atoms with Gasteiger partial charge in [-0.15, -0.1) is 0 Å². The number of carbonyl (C=O) groups excluding carboxylic acids is 1. The van der Waals surface area contributed by atoms with Gasteiger partial charge in [-0.2, -0.15) is 0 Å². The molecule has 7 heteroatoms. The van der Waals surface area contributed by atoms with Crippen LogP contribution in [0.2, 0.25) is 0 Å². The topological polar surface area (TPSA) is 69.7 Å². The molecule has 2 aliphatic heterocycles. The van der Waals surface area contributed by atoms with Gasteiger partial charge >= 0.3 is 0 Å². The monoisotopic (exact) mass is 433 g/mol. The molecule has 1 N–H and O–H groups in total. The second-order valence-electron chi connectivity index (χ2n) is 8.73. The highest BCUT2D eigenvalue weighted by Gasteiger charge is 2.26. The molecule has 1 atom stereocenters. The molecule has 1 unspecified atom stereocenters. The summed E-state index contributed by atoms with van der Waals surface area (Å²) in [6, 6.07) is 9.28. The molecule has 166 valence electrons. The van der Waals surface area contributed by atoms with E-state index in [0.29, 0.717) is 5.92 Å². The third kappa shape index (κ3) is 7.52. The normalized spacial score (nSPS) is 21.9. The van der Waals surface area contributed by atoms with Gasteiger partial charge in [0, 0.05) is 38.0 Å². The minimum absolute atomic E-state index is 0.0432. The molecule has 0 aliphatic carbocycles. The van der Waals surface area contributed by atoms with Gasteiger partial charge in [0.2, 0.25) is 15.9 Å². The van der Waals surface area contributed by atoms with Crippen LogP contribution in [0.3, 0.4) is 0 Å². The standard InChI is InChI=1S/C23H35N3O3S/c1-20-10-15-25(16-11-20)18-22-8-5-14-26(19-22)23(27)9-13-24-30(28,29)17-12-21-6-3-2-4-7-21/h2-4,6-7,12,17,20,22,24H,5,8-11,13-16,18-19H2,1H3/b17-12+. The molecular weight excluding hydrogens is 398 g/mol. The fourth-order valence-corrected chi connectivity index (χ4v) is 5.11. The molecule has 1 amide bonds. The predicted molar refractivity (Wildman–Crippen MR) is 121 cm³/mol. The molecule has 2 saturated heterocycles. The van der Waals surface area contributed by atoms with Crippen LogP contribution in [0.4, 0.5) is 0 Å². The number of carbonyl (C=O) groups is 1. The molecule has 6 nitrogen and oxygen atoms in total. The number of nitrogens with one attached hydrogen (secondary N) is 1. The van der Waals surface area contributed by atoms with Crippen LogP contribution in [0, 0.1) is 11.8 Å². The van der Waals surface area contributed by atoms with Crippen molar-refractivity contribution in [1.29, 1.82) is 0 Å². The quantitative estimate of drug-likeness (QED) is 0.684. The summed E-state index contributed by atoms with van der Waals surface area (Å²) >= 11 is 0. The molecule has 1 aromatic carbocycles. The third-order valence-corrected chi connectivity index (χ3v) is 7.25. The molecular formula is C23H35N3O3S. The lowest BCUT2D eigenvalue weighted by Gasteiger charge is -2.38. The van der Waals surface area contributed by atoms with Crippen LogP contribution < -0.4 is 4.72 Å². The van der Waals surface area contributed by atoms with E-state index in [4.69, 9.17) is 0 Å². The summed E-state index contributed by atoms with van der Waals surface area (Å²) in [5, 5.41) is 1.16. The van der Waals surface area contributed by atoms with Crippen LogP contribution in [0.25, 0.3) is 6.08 Å². The number of piperidine rings is 2. The van der Waals surface area contributed by atoms with E-state index in [1.165, 1.54) is 32.4 Å². The fraction of sp³-hybridized carbons (Fsp3) is 0.609. The maximum absolute atomic E-state index is 12.6. The van der Waals surface area contributed by atoms with E-state index in [1.54, 1.807) is 6.08 Å². The average Bonchev–Trinajstić information content (AvgIpc) is 2.75. The lowest BCUT2D eigenvalue weighted by Crippen LogP contribution is -2.45. The number of rotatable bonds is 8. The van der Waals surface area contributed by atoms with Gasteiger partial charge in [0.15, 0.2) is 0 Å². The van der Waals surface area contributed by atoms with Gasteiger partial charge in [0.05, 0.1) is 0 Å². The van der Waals surface area contributed by atoms with E-state index >= 15 is 0 Å². The highest BCUT2D eigenvalue weighted by molar-refractivity contribution is 7.92. The highest BCUT2D eigenvalue weighted by Crippen LogP contribution is 2.22. The minimum atomic E-state index is -3.55. The lowest BCUT2D eigenvalue weighted by molar-refractivity contribution is -0.133. The zero-order chi connectivity index (χ0) is 21.4. The van der Waals surface area contributed by atoms with E-state index in [0.717, 1.165) is 42.9 Å². The second-order valence-corrected chi connectivity index (χ2v) is 10.4. The van der Waals surface area contributed by atoms with Crippen LogP contribution >= 0.6 is 0 Å². The Morgan fingerprint density at radius 2 is 1.87 bits per heavy atom. The van der Waals surface area contributed by atoms with Crippen molar-refractivity contribution >= 4 is 22.0 Å². The van der Waals surface area contributed by atoms with Gasteiger partial charge in [-0.3, -0.25) is 4.79 Å². The van der Waals surface area contributed by atoms with Crippen molar-refractivity contribution in [2.75, 3.05) is 39.3 Å². The van der Waals surface area contributed by atoms with E-state index in [-0.39, 0.29) is 18.9 Å². The summed E-state index contributed by atoms with van der Waals surface area (Å²) in [5.41, 5.74) is 0.821. The first-order valence-corrected chi connectivity index (χ1v) is 12.7. The third-order valence-electron chi connectivity index (χ3n) is 6.15. The Morgan fingerprint density at radius 1 is 1.13 bits per heavy atom. The zero-order valence-corrected chi connectivity index (χ0v) is 18.8. The van der Waals surface area contributed by atoms with Gasteiger partial charge in [-0.1, -0.05) is 37.3 Å². The first-order chi connectivity index (χ1) is 14.4. The van der Waals surface area contributed by atoms with Crippen molar-refractivity contribution in [1.82, 2.24) is 14.5 Å². The van der Waals surface area contributed by atoms with Gasteiger partial charge in [-0.05, 0) is 62.2 Å².